The number of benzene rings is 1. The molecule has 2 fully saturated rings. The van der Waals surface area contributed by atoms with E-state index in [0.29, 0.717) is 13.0 Å². The molecule has 0 spiro atoms. The van der Waals surface area contributed by atoms with Crippen molar-refractivity contribution in [2.24, 2.45) is 4.99 Å². The number of nitrogens with two attached hydrogens (primary N) is 1. The predicted molar refractivity (Wildman–Crippen MR) is 147 cm³/mol. The van der Waals surface area contributed by atoms with E-state index in [0.717, 1.165) is 23.8 Å². The summed E-state index contributed by atoms with van der Waals surface area (Å²) in [6, 6.07) is 6.02. The van der Waals surface area contributed by atoms with E-state index in [2.05, 4.69) is 18.2 Å². The Morgan fingerprint density at radius 2 is 2.00 bits per heavy atom. The molecule has 0 saturated carbocycles. The molecule has 1 aromatic heterocycles. The van der Waals surface area contributed by atoms with Gasteiger partial charge in [0.25, 0.3) is 12.1 Å². The van der Waals surface area contributed by atoms with Gasteiger partial charge in [0.1, 0.15) is 23.5 Å². The molecule has 208 valence electrons. The molecule has 1 aromatic carbocycles. The number of aliphatic imine (C=N–C) groups is 1. The van der Waals surface area contributed by atoms with Crippen LogP contribution < -0.4 is 5.73 Å². The van der Waals surface area contributed by atoms with Crippen molar-refractivity contribution in [3.8, 4) is 12.1 Å². The first-order valence-electron chi connectivity index (χ1n) is 12.2. The normalized spacial score (nSPS) is 19.6. The average molecular weight is 571 g/mol. The van der Waals surface area contributed by atoms with Crippen LogP contribution in [-0.2, 0) is 4.74 Å². The first-order valence-corrected chi connectivity index (χ1v) is 13.0. The van der Waals surface area contributed by atoms with Gasteiger partial charge in [0.2, 0.25) is 0 Å². The number of allylic oxidation sites excluding steroid dienone is 3. The van der Waals surface area contributed by atoms with E-state index < -0.39 is 29.0 Å². The Bertz CT molecular complexity index is 1590. The van der Waals surface area contributed by atoms with E-state index >= 15 is 4.39 Å². The molecule has 2 saturated heterocycles. The highest BCUT2D eigenvalue weighted by atomic mass is 32.1. The lowest BCUT2D eigenvalue weighted by molar-refractivity contribution is 0.0966. The minimum Gasteiger partial charge on any atom is -0.463 e. The monoisotopic (exact) mass is 570 g/mol. The lowest BCUT2D eigenvalue weighted by Crippen LogP contribution is -2.44. The molecular formula is C28H26F4N6OS. The smallest absolute Gasteiger partial charge is 0.292 e. The van der Waals surface area contributed by atoms with Gasteiger partial charge in [-0.1, -0.05) is 19.2 Å². The second-order valence-corrected chi connectivity index (χ2v) is 10.9. The van der Waals surface area contributed by atoms with E-state index in [-0.39, 0.29) is 68.5 Å². The van der Waals surface area contributed by atoms with Crippen molar-refractivity contribution in [2.45, 2.75) is 24.8 Å². The fraction of sp³-hybridized carbons (Fsp3) is 0.321. The number of amidine groups is 1. The number of hydrogen-bond donors (Lipinski definition) is 1. The number of halogens is 4. The van der Waals surface area contributed by atoms with E-state index in [9.17, 15) is 23.7 Å². The zero-order chi connectivity index (χ0) is 29.4. The largest absolute Gasteiger partial charge is 0.463 e. The molecule has 2 aliphatic heterocycles. The summed E-state index contributed by atoms with van der Waals surface area (Å²) in [5.74, 6) is -1.69. The molecule has 0 amide bonds. The zero-order valence-electron chi connectivity index (χ0n) is 22.0. The fourth-order valence-corrected chi connectivity index (χ4v) is 6.16. The van der Waals surface area contributed by atoms with Crippen LogP contribution in [0.3, 0.4) is 0 Å². The van der Waals surface area contributed by atoms with Crippen LogP contribution in [-0.4, -0.2) is 55.2 Å². The topological polar surface area (TPSA) is 102 Å². The van der Waals surface area contributed by atoms with E-state index in [1.165, 1.54) is 11.0 Å². The quantitative estimate of drug-likeness (QED) is 0.148. The number of rotatable bonds is 6. The highest BCUT2D eigenvalue weighted by Gasteiger charge is 2.48. The van der Waals surface area contributed by atoms with Crippen molar-refractivity contribution >= 4 is 38.0 Å². The highest BCUT2D eigenvalue weighted by molar-refractivity contribution is 7.23. The predicted octanol–water partition coefficient (Wildman–Crippen LogP) is 6.09. The number of fused-ring (bicyclic) bond motifs is 2. The van der Waals surface area contributed by atoms with Crippen LogP contribution in [0.5, 0.6) is 0 Å². The second kappa shape index (κ2) is 11.2. The lowest BCUT2D eigenvalue weighted by Gasteiger charge is -2.32. The molecule has 0 radical (unpaired) electrons. The standard InChI is InChI=1S/C28H26F4N6OS/c1-15(11-33)21(18-6-7-20(29)24-22(18)19(12-34)26(35)40-24)23(30)16(2)36-27(37(3)4)39-14-28-8-5-9-38(28)13-17(10-28)25(31)32/h6-7H,1-2,5,8-10,13-14,35H2,3-4H3/b23-21-,36-27?/t28-/m0/s1. The van der Waals surface area contributed by atoms with Crippen LogP contribution in [0.2, 0.25) is 0 Å². The zero-order valence-corrected chi connectivity index (χ0v) is 22.8. The van der Waals surface area contributed by atoms with Crippen molar-refractivity contribution in [2.75, 3.05) is 39.5 Å². The Morgan fingerprint density at radius 1 is 1.27 bits per heavy atom. The van der Waals surface area contributed by atoms with Gasteiger partial charge >= 0.3 is 0 Å². The molecule has 2 aromatic rings. The van der Waals surface area contributed by atoms with Gasteiger partial charge in [-0.15, -0.1) is 11.3 Å². The number of nitriles is 2. The van der Waals surface area contributed by atoms with Crippen LogP contribution in [0.4, 0.5) is 22.6 Å². The third kappa shape index (κ3) is 5.08. The maximum atomic E-state index is 16.1. The van der Waals surface area contributed by atoms with Crippen molar-refractivity contribution in [3.63, 3.8) is 0 Å². The molecule has 1 atom stereocenters. The molecule has 2 N–H and O–H groups in total. The van der Waals surface area contributed by atoms with Crippen LogP contribution in [0.25, 0.3) is 15.7 Å². The molecule has 40 heavy (non-hydrogen) atoms. The van der Waals surface area contributed by atoms with Gasteiger partial charge in [0, 0.05) is 37.2 Å². The van der Waals surface area contributed by atoms with Gasteiger partial charge in [-0.2, -0.15) is 24.3 Å². The van der Waals surface area contributed by atoms with E-state index in [1.54, 1.807) is 20.2 Å². The Morgan fingerprint density at radius 3 is 2.62 bits per heavy atom. The fourth-order valence-electron chi connectivity index (χ4n) is 5.21. The number of anilines is 1. The summed E-state index contributed by atoms with van der Waals surface area (Å²) in [4.78, 5) is 7.67. The molecule has 0 bridgehead atoms. The number of ether oxygens (including phenoxy) is 1. The van der Waals surface area contributed by atoms with Crippen LogP contribution >= 0.6 is 11.3 Å². The molecule has 12 heteroatoms. The summed E-state index contributed by atoms with van der Waals surface area (Å²) >= 11 is 0.835. The Balaban J connectivity index is 1.74. The summed E-state index contributed by atoms with van der Waals surface area (Å²) in [6.07, 6.45) is -0.00424. The number of thiophene rings is 1. The molecule has 4 rings (SSSR count). The lowest BCUT2D eigenvalue weighted by atomic mass is 9.93. The second-order valence-electron chi connectivity index (χ2n) is 9.85. The van der Waals surface area contributed by atoms with Crippen LogP contribution in [0.1, 0.15) is 30.4 Å². The Labute approximate surface area is 233 Å². The van der Waals surface area contributed by atoms with Crippen molar-refractivity contribution < 1.29 is 22.3 Å². The van der Waals surface area contributed by atoms with Crippen LogP contribution in [0, 0.1) is 28.5 Å². The number of nitrogen functional groups attached to an aromatic ring is 1. The van der Waals surface area contributed by atoms with Gasteiger partial charge in [-0.3, -0.25) is 4.90 Å². The Hall–Kier alpha value is -4.13. The minimum atomic E-state index is -1.68. The average Bonchev–Trinajstić information content (AvgIpc) is 3.57. The number of nitrogens with zero attached hydrogens (tertiary/aromatic N) is 5. The van der Waals surface area contributed by atoms with Crippen LogP contribution in [0.15, 0.2) is 59.0 Å². The van der Waals surface area contributed by atoms with Gasteiger partial charge in [0.05, 0.1) is 33.1 Å². The summed E-state index contributed by atoms with van der Waals surface area (Å²) in [7, 11) is 3.23. The van der Waals surface area contributed by atoms with Gasteiger partial charge in [-0.05, 0) is 37.4 Å². The summed E-state index contributed by atoms with van der Waals surface area (Å²) in [5, 5.41) is 19.3. The first kappa shape index (κ1) is 28.9. The summed E-state index contributed by atoms with van der Waals surface area (Å²) in [6.45, 7) is 8.24. The molecule has 7 nitrogen and oxygen atoms in total. The Kier molecular flexibility index (Phi) is 8.05. The molecular weight excluding hydrogens is 544 g/mol. The van der Waals surface area contributed by atoms with Crippen molar-refractivity contribution in [3.05, 3.63) is 71.0 Å². The molecule has 2 aliphatic rings. The van der Waals surface area contributed by atoms with Gasteiger partial charge in [-0.25, -0.2) is 8.78 Å². The third-order valence-corrected chi connectivity index (χ3v) is 8.15. The summed E-state index contributed by atoms with van der Waals surface area (Å²) in [5.41, 5.74) is 4.33. The van der Waals surface area contributed by atoms with Gasteiger partial charge in [0.15, 0.2) is 5.83 Å². The number of hydrogen-bond acceptors (Lipinski definition) is 7. The minimum absolute atomic E-state index is 0.0248. The maximum absolute atomic E-state index is 16.1. The molecule has 0 unspecified atom stereocenters. The van der Waals surface area contributed by atoms with Crippen molar-refractivity contribution in [1.29, 1.82) is 10.5 Å². The third-order valence-electron chi connectivity index (χ3n) is 7.12. The van der Waals surface area contributed by atoms with E-state index in [1.807, 2.05) is 11.0 Å². The SMILES string of the molecule is C=C(N=C(OC[C@@]12CCCN1CC(=C(F)F)C2)N(C)C)/C(F)=C(\C(=C)C#N)c1ccc(F)c2sc(N)c(C#N)c12. The van der Waals surface area contributed by atoms with E-state index in [4.69, 9.17) is 10.5 Å². The van der Waals surface area contributed by atoms with Crippen molar-refractivity contribution in [1.82, 2.24) is 9.80 Å². The van der Waals surface area contributed by atoms with Gasteiger partial charge < -0.3 is 15.4 Å². The first-order chi connectivity index (χ1) is 18.9. The molecule has 3 heterocycles. The summed E-state index contributed by atoms with van der Waals surface area (Å²) < 4.78 is 63.3. The molecule has 0 aliphatic carbocycles. The highest BCUT2D eigenvalue weighted by Crippen LogP contribution is 2.44. The maximum Gasteiger partial charge on any atom is 0.292 e.